The topological polar surface area (TPSA) is 120 Å². The minimum atomic E-state index is -0.741. The molecule has 178 valence electrons. The number of carbonyl (C=O) groups excluding carboxylic acids is 1. The number of nitrogens with two attached hydrogens (primary N) is 1. The van der Waals surface area contributed by atoms with Gasteiger partial charge in [-0.2, -0.15) is 0 Å². The van der Waals surface area contributed by atoms with Gasteiger partial charge in [-0.3, -0.25) is 19.1 Å². The van der Waals surface area contributed by atoms with E-state index in [4.69, 9.17) is 15.2 Å². The number of hydrogen-bond donors (Lipinski definition) is 2. The van der Waals surface area contributed by atoms with Crippen molar-refractivity contribution in [3.63, 3.8) is 0 Å². The van der Waals surface area contributed by atoms with E-state index in [9.17, 15) is 14.4 Å². The van der Waals surface area contributed by atoms with E-state index in [2.05, 4.69) is 4.98 Å². The molecule has 2 aromatic carbocycles. The Kier molecular flexibility index (Phi) is 7.92. The summed E-state index contributed by atoms with van der Waals surface area (Å²) in [6.07, 6.45) is 3.77. The van der Waals surface area contributed by atoms with Crippen molar-refractivity contribution in [1.82, 2.24) is 9.55 Å². The highest BCUT2D eigenvalue weighted by molar-refractivity contribution is 6.04. The minimum absolute atomic E-state index is 0.0963. The second-order valence-electron chi connectivity index (χ2n) is 7.55. The van der Waals surface area contributed by atoms with Gasteiger partial charge in [0.25, 0.3) is 11.5 Å². The molecule has 0 atom stereocenters. The Balaban J connectivity index is 1.85. The van der Waals surface area contributed by atoms with Crippen LogP contribution in [0.3, 0.4) is 0 Å². The van der Waals surface area contributed by atoms with Crippen molar-refractivity contribution in [3.8, 4) is 11.5 Å². The average Bonchev–Trinajstić information content (AvgIpc) is 2.84. The first-order valence-corrected chi connectivity index (χ1v) is 10.8. The number of nitrogens with one attached hydrogen (secondary N) is 1. The monoisotopic (exact) mass is 464 g/mol. The molecule has 1 heterocycles. The fourth-order valence-electron chi connectivity index (χ4n) is 3.33. The number of benzene rings is 2. The van der Waals surface area contributed by atoms with E-state index in [1.165, 1.54) is 17.7 Å². The molecule has 3 N–H and O–H groups in total. The summed E-state index contributed by atoms with van der Waals surface area (Å²) in [7, 11) is 2.97. The molecule has 3 aromatic rings. The van der Waals surface area contributed by atoms with Crippen LogP contribution in [-0.4, -0.2) is 36.2 Å². The van der Waals surface area contributed by atoms with Crippen LogP contribution in [0, 0.1) is 0 Å². The first-order valence-electron chi connectivity index (χ1n) is 10.8. The highest BCUT2D eigenvalue weighted by atomic mass is 16.5. The Morgan fingerprint density at radius 1 is 1.15 bits per heavy atom. The lowest BCUT2D eigenvalue weighted by molar-refractivity contribution is -0.113. The minimum Gasteiger partial charge on any atom is -0.493 e. The number of H-pyrrole nitrogens is 1. The van der Waals surface area contributed by atoms with Gasteiger partial charge in [0.1, 0.15) is 5.82 Å². The van der Waals surface area contributed by atoms with Gasteiger partial charge >= 0.3 is 5.69 Å². The van der Waals surface area contributed by atoms with Crippen LogP contribution in [0.15, 0.2) is 64.2 Å². The molecular formula is C25H28N4O5. The van der Waals surface area contributed by atoms with E-state index in [1.807, 2.05) is 37.3 Å². The molecule has 0 fully saturated rings. The number of hydrogen-bond acceptors (Lipinski definition) is 6. The summed E-state index contributed by atoms with van der Waals surface area (Å²) in [6, 6.07) is 14.5. The van der Waals surface area contributed by atoms with Gasteiger partial charge in [-0.1, -0.05) is 43.3 Å². The zero-order valence-corrected chi connectivity index (χ0v) is 19.4. The first-order chi connectivity index (χ1) is 16.3. The van der Waals surface area contributed by atoms with Crippen molar-refractivity contribution in [2.45, 2.75) is 19.9 Å². The first kappa shape index (κ1) is 24.4. The third-order valence-electron chi connectivity index (χ3n) is 5.13. The fourth-order valence-corrected chi connectivity index (χ4v) is 3.33. The summed E-state index contributed by atoms with van der Waals surface area (Å²) in [5.74, 6) is 0.573. The van der Waals surface area contributed by atoms with Crippen LogP contribution >= 0.6 is 0 Å². The summed E-state index contributed by atoms with van der Waals surface area (Å²) in [5.41, 5.74) is 6.20. The number of anilines is 2. The third kappa shape index (κ3) is 5.55. The summed E-state index contributed by atoms with van der Waals surface area (Å²) in [5, 5.41) is 0. The zero-order valence-electron chi connectivity index (χ0n) is 19.4. The molecule has 0 bridgehead atoms. The highest BCUT2D eigenvalue weighted by Gasteiger charge is 2.19. The van der Waals surface area contributed by atoms with Gasteiger partial charge < -0.3 is 20.1 Å². The lowest BCUT2D eigenvalue weighted by Crippen LogP contribution is -2.39. The quantitative estimate of drug-likeness (QED) is 0.470. The number of ether oxygens (including phenoxy) is 2. The Labute approximate surface area is 197 Å². The predicted octanol–water partition coefficient (Wildman–Crippen LogP) is 2.64. The molecule has 0 aliphatic heterocycles. The third-order valence-corrected chi connectivity index (χ3v) is 5.13. The van der Waals surface area contributed by atoms with Gasteiger partial charge in [0.15, 0.2) is 17.2 Å². The molecule has 0 radical (unpaired) electrons. The number of rotatable bonds is 9. The number of nitrogen functional groups attached to an aromatic ring is 1. The van der Waals surface area contributed by atoms with E-state index < -0.39 is 17.2 Å². The zero-order chi connectivity index (χ0) is 24.7. The van der Waals surface area contributed by atoms with E-state index in [1.54, 1.807) is 31.4 Å². The molecule has 0 saturated carbocycles. The maximum atomic E-state index is 12.8. The number of aromatic amines is 1. The molecule has 3 rings (SSSR count). The van der Waals surface area contributed by atoms with Crippen LogP contribution < -0.4 is 31.4 Å². The van der Waals surface area contributed by atoms with Crippen LogP contribution in [0.1, 0.15) is 24.5 Å². The predicted molar refractivity (Wildman–Crippen MR) is 133 cm³/mol. The lowest BCUT2D eigenvalue weighted by atomic mass is 10.2. The molecule has 0 unspecified atom stereocenters. The van der Waals surface area contributed by atoms with E-state index >= 15 is 0 Å². The largest absolute Gasteiger partial charge is 0.493 e. The summed E-state index contributed by atoms with van der Waals surface area (Å²) >= 11 is 0. The molecule has 0 aliphatic carbocycles. The molecule has 9 nitrogen and oxygen atoms in total. The molecule has 0 spiro atoms. The van der Waals surface area contributed by atoms with Crippen molar-refractivity contribution in [3.05, 3.63) is 86.6 Å². The van der Waals surface area contributed by atoms with Crippen molar-refractivity contribution in [1.29, 1.82) is 0 Å². The van der Waals surface area contributed by atoms with Gasteiger partial charge in [-0.15, -0.1) is 0 Å². The Morgan fingerprint density at radius 2 is 1.88 bits per heavy atom. The van der Waals surface area contributed by atoms with Crippen LogP contribution in [0.4, 0.5) is 11.5 Å². The highest BCUT2D eigenvalue weighted by Crippen LogP contribution is 2.28. The smallest absolute Gasteiger partial charge is 0.330 e. The van der Waals surface area contributed by atoms with Gasteiger partial charge in [0, 0.05) is 13.1 Å². The lowest BCUT2D eigenvalue weighted by Gasteiger charge is -2.19. The molecule has 1 aromatic heterocycles. The Hall–Kier alpha value is -4.27. The van der Waals surface area contributed by atoms with Crippen LogP contribution in [-0.2, 0) is 11.3 Å². The van der Waals surface area contributed by atoms with Gasteiger partial charge in [0.05, 0.1) is 20.3 Å². The van der Waals surface area contributed by atoms with Crippen molar-refractivity contribution in [2.75, 3.05) is 31.4 Å². The number of likely N-dealkylation sites (N-methyl/N-ethyl adjacent to an activating group) is 1. The maximum Gasteiger partial charge on any atom is 0.330 e. The number of methoxy groups -OCH3 is 1. The molecule has 1 amide bonds. The van der Waals surface area contributed by atoms with Crippen molar-refractivity contribution >= 4 is 23.5 Å². The summed E-state index contributed by atoms with van der Waals surface area (Å²) < 4.78 is 12.2. The second kappa shape index (κ2) is 11.0. The van der Waals surface area contributed by atoms with Crippen LogP contribution in [0.2, 0.25) is 0 Å². The van der Waals surface area contributed by atoms with E-state index in [-0.39, 0.29) is 18.1 Å². The normalized spacial score (nSPS) is 10.9. The molecule has 34 heavy (non-hydrogen) atoms. The molecule has 0 saturated heterocycles. The summed E-state index contributed by atoms with van der Waals surface area (Å²) in [6.45, 7) is 2.73. The number of nitrogens with zero attached hydrogens (tertiary/aromatic N) is 2. The summed E-state index contributed by atoms with van der Waals surface area (Å²) in [4.78, 5) is 41.0. The van der Waals surface area contributed by atoms with Gasteiger partial charge in [-0.25, -0.2) is 4.79 Å². The standard InChI is InChI=1S/C25H28N4O5/c1-4-14-34-19-12-10-17(15-20(19)33-3)11-13-21(30)28(2)22-23(26)29(25(32)27-24(22)31)16-18-8-6-5-7-9-18/h5-13,15H,4,14,16,26H2,1-3H3,(H,27,31,32). The van der Waals surface area contributed by atoms with E-state index in [0.717, 1.165) is 16.9 Å². The maximum absolute atomic E-state index is 12.8. The Bertz CT molecular complexity index is 1290. The fraction of sp³-hybridized carbons (Fsp3) is 0.240. The van der Waals surface area contributed by atoms with E-state index in [0.29, 0.717) is 23.7 Å². The molecule has 9 heteroatoms. The average molecular weight is 465 g/mol. The van der Waals surface area contributed by atoms with Gasteiger partial charge in [-0.05, 0) is 35.8 Å². The van der Waals surface area contributed by atoms with Crippen molar-refractivity contribution < 1.29 is 14.3 Å². The number of aromatic nitrogens is 2. The Morgan fingerprint density at radius 3 is 2.56 bits per heavy atom. The van der Waals surface area contributed by atoms with Crippen LogP contribution in [0.25, 0.3) is 6.08 Å². The van der Waals surface area contributed by atoms with Gasteiger partial charge in [0.2, 0.25) is 0 Å². The number of amides is 1. The number of carbonyl (C=O) groups is 1. The van der Waals surface area contributed by atoms with Crippen molar-refractivity contribution in [2.24, 2.45) is 0 Å². The SMILES string of the molecule is CCCOc1ccc(C=CC(=O)N(C)c2c(N)n(Cc3ccccc3)c(=O)[nH]c2=O)cc1OC. The second-order valence-corrected chi connectivity index (χ2v) is 7.55. The van der Waals surface area contributed by atoms with Crippen LogP contribution in [0.5, 0.6) is 11.5 Å². The molecule has 0 aliphatic rings. The molecular weight excluding hydrogens is 436 g/mol.